The molecule has 1 aromatic rings. The van der Waals surface area contributed by atoms with Crippen LogP contribution in [0.25, 0.3) is 0 Å². The van der Waals surface area contributed by atoms with Gasteiger partial charge in [0.25, 0.3) is 0 Å². The maximum absolute atomic E-state index is 5.10. The van der Waals surface area contributed by atoms with E-state index in [0.29, 0.717) is 6.04 Å². The fourth-order valence-electron chi connectivity index (χ4n) is 2.46. The van der Waals surface area contributed by atoms with E-state index in [9.17, 15) is 0 Å². The number of ether oxygens (including phenoxy) is 1. The van der Waals surface area contributed by atoms with Gasteiger partial charge < -0.3 is 25.2 Å². The van der Waals surface area contributed by atoms with Crippen molar-refractivity contribution in [2.75, 3.05) is 67.6 Å². The van der Waals surface area contributed by atoms with Crippen molar-refractivity contribution in [1.82, 2.24) is 20.4 Å². The van der Waals surface area contributed by atoms with Gasteiger partial charge in [-0.25, -0.2) is 0 Å². The van der Waals surface area contributed by atoms with Gasteiger partial charge in [0.15, 0.2) is 5.96 Å². The minimum atomic E-state index is 0. The number of likely N-dealkylation sites (N-methyl/N-ethyl adjacent to an activating group) is 2. The van der Waals surface area contributed by atoms with E-state index in [1.165, 1.54) is 4.88 Å². The third-order valence-corrected chi connectivity index (χ3v) is 4.91. The Morgan fingerprint density at radius 3 is 2.62 bits per heavy atom. The lowest BCUT2D eigenvalue weighted by molar-refractivity contribution is 0.180. The second-order valence-corrected chi connectivity index (χ2v) is 7.27. The van der Waals surface area contributed by atoms with Gasteiger partial charge >= 0.3 is 0 Å². The zero-order chi connectivity index (χ0) is 18.5. The lowest BCUT2D eigenvalue weighted by Gasteiger charge is -2.22. The first-order valence-corrected chi connectivity index (χ1v) is 9.86. The van der Waals surface area contributed by atoms with Gasteiger partial charge in [-0.1, -0.05) is 6.07 Å². The van der Waals surface area contributed by atoms with E-state index in [4.69, 9.17) is 9.73 Å². The molecule has 0 bridgehead atoms. The van der Waals surface area contributed by atoms with Crippen LogP contribution in [0.2, 0.25) is 0 Å². The van der Waals surface area contributed by atoms with Gasteiger partial charge in [-0.2, -0.15) is 0 Å². The third kappa shape index (κ3) is 10.7. The van der Waals surface area contributed by atoms with Crippen molar-refractivity contribution in [1.29, 1.82) is 0 Å². The first-order chi connectivity index (χ1) is 12.1. The highest BCUT2D eigenvalue weighted by atomic mass is 127. The average molecular weight is 497 g/mol. The highest BCUT2D eigenvalue weighted by Gasteiger charge is 2.14. The van der Waals surface area contributed by atoms with E-state index in [1.807, 2.05) is 0 Å². The third-order valence-electron chi connectivity index (χ3n) is 3.94. The van der Waals surface area contributed by atoms with E-state index < -0.39 is 0 Å². The molecule has 0 amide bonds. The molecular weight excluding hydrogens is 461 g/mol. The Labute approximate surface area is 180 Å². The van der Waals surface area contributed by atoms with Gasteiger partial charge in [0, 0.05) is 44.8 Å². The van der Waals surface area contributed by atoms with Gasteiger partial charge in [-0.15, -0.1) is 35.3 Å². The summed E-state index contributed by atoms with van der Waals surface area (Å²) in [6.45, 7) is 7.42. The molecule has 0 aromatic carbocycles. The Bertz CT molecular complexity index is 470. The molecule has 1 atom stereocenters. The second kappa shape index (κ2) is 15.6. The molecule has 26 heavy (non-hydrogen) atoms. The molecule has 0 saturated carbocycles. The predicted molar refractivity (Wildman–Crippen MR) is 124 cm³/mol. The molecule has 1 aromatic heterocycles. The van der Waals surface area contributed by atoms with Crippen molar-refractivity contribution in [3.8, 4) is 0 Å². The standard InChI is InChI=1S/C18H35N5OS.HI/c1-6-19-18(20-10-12-23(4)11-8-13-24-5)21-15-16(22(2)3)17-9-7-14-25-17;/h7,9,14,16H,6,8,10-13,15H2,1-5H3,(H2,19,20,21);1H. The number of methoxy groups -OCH3 is 1. The molecule has 1 unspecified atom stereocenters. The summed E-state index contributed by atoms with van der Waals surface area (Å²) < 4.78 is 5.10. The van der Waals surface area contributed by atoms with Gasteiger partial charge in [-0.3, -0.25) is 4.99 Å². The molecule has 152 valence electrons. The lowest BCUT2D eigenvalue weighted by atomic mass is 10.2. The molecule has 1 rings (SSSR count). The van der Waals surface area contributed by atoms with E-state index in [2.05, 4.69) is 66.0 Å². The number of hydrogen-bond acceptors (Lipinski definition) is 5. The highest BCUT2D eigenvalue weighted by molar-refractivity contribution is 14.0. The Kier molecular flexibility index (Phi) is 15.4. The van der Waals surface area contributed by atoms with Crippen molar-refractivity contribution in [3.63, 3.8) is 0 Å². The maximum atomic E-state index is 5.10. The highest BCUT2D eigenvalue weighted by Crippen LogP contribution is 2.23. The summed E-state index contributed by atoms with van der Waals surface area (Å²) in [7, 11) is 8.10. The summed E-state index contributed by atoms with van der Waals surface area (Å²) in [5, 5.41) is 8.89. The van der Waals surface area contributed by atoms with Gasteiger partial charge in [0.05, 0.1) is 12.6 Å². The van der Waals surface area contributed by atoms with Crippen LogP contribution >= 0.6 is 35.3 Å². The summed E-state index contributed by atoms with van der Waals surface area (Å²) in [5.74, 6) is 0.885. The molecule has 0 spiro atoms. The van der Waals surface area contributed by atoms with Crippen LogP contribution < -0.4 is 10.6 Å². The van der Waals surface area contributed by atoms with Crippen LogP contribution in [0.5, 0.6) is 0 Å². The van der Waals surface area contributed by atoms with E-state index in [0.717, 1.165) is 51.7 Å². The number of guanidine groups is 1. The molecule has 0 fully saturated rings. The molecule has 0 radical (unpaired) electrons. The molecule has 0 aliphatic carbocycles. The largest absolute Gasteiger partial charge is 0.385 e. The molecule has 8 heteroatoms. The summed E-state index contributed by atoms with van der Waals surface area (Å²) in [4.78, 5) is 10.7. The van der Waals surface area contributed by atoms with Crippen molar-refractivity contribution in [3.05, 3.63) is 22.4 Å². The normalized spacial score (nSPS) is 13.0. The number of thiophene rings is 1. The summed E-state index contributed by atoms with van der Waals surface area (Å²) in [5.41, 5.74) is 0. The fourth-order valence-corrected chi connectivity index (χ4v) is 3.38. The Morgan fingerprint density at radius 2 is 2.04 bits per heavy atom. The van der Waals surface area contributed by atoms with Crippen molar-refractivity contribution >= 4 is 41.3 Å². The predicted octanol–water partition coefficient (Wildman–Crippen LogP) is 2.49. The fraction of sp³-hybridized carbons (Fsp3) is 0.722. The Balaban J connectivity index is 0.00000625. The Hall–Kier alpha value is -0.420. The minimum absolute atomic E-state index is 0. The van der Waals surface area contributed by atoms with Gasteiger partial charge in [0.2, 0.25) is 0 Å². The number of aliphatic imine (C=N–C) groups is 1. The average Bonchev–Trinajstić information content (AvgIpc) is 3.09. The summed E-state index contributed by atoms with van der Waals surface area (Å²) in [6, 6.07) is 4.59. The summed E-state index contributed by atoms with van der Waals surface area (Å²) in [6.07, 6.45) is 1.06. The zero-order valence-electron chi connectivity index (χ0n) is 16.8. The molecule has 0 saturated heterocycles. The first kappa shape index (κ1) is 25.6. The van der Waals surface area contributed by atoms with E-state index in [1.54, 1.807) is 18.4 Å². The van der Waals surface area contributed by atoms with Crippen LogP contribution in [0.4, 0.5) is 0 Å². The molecule has 2 N–H and O–H groups in total. The topological polar surface area (TPSA) is 52.1 Å². The van der Waals surface area contributed by atoms with Crippen LogP contribution in [0.3, 0.4) is 0 Å². The van der Waals surface area contributed by atoms with Crippen LogP contribution in [0.1, 0.15) is 24.3 Å². The van der Waals surface area contributed by atoms with E-state index in [-0.39, 0.29) is 24.0 Å². The molecule has 1 heterocycles. The monoisotopic (exact) mass is 497 g/mol. The first-order valence-electron chi connectivity index (χ1n) is 8.98. The van der Waals surface area contributed by atoms with Crippen LogP contribution in [0.15, 0.2) is 22.5 Å². The lowest BCUT2D eigenvalue weighted by Crippen LogP contribution is -2.41. The summed E-state index contributed by atoms with van der Waals surface area (Å²) >= 11 is 1.79. The SMILES string of the molecule is CCNC(=NCC(c1cccs1)N(C)C)NCCN(C)CCCOC.I. The van der Waals surface area contributed by atoms with E-state index >= 15 is 0 Å². The number of hydrogen-bond donors (Lipinski definition) is 2. The van der Waals surface area contributed by atoms with Crippen molar-refractivity contribution in [2.24, 2.45) is 4.99 Å². The van der Waals surface area contributed by atoms with Crippen molar-refractivity contribution in [2.45, 2.75) is 19.4 Å². The smallest absolute Gasteiger partial charge is 0.191 e. The molecule has 6 nitrogen and oxygen atoms in total. The van der Waals surface area contributed by atoms with Gasteiger partial charge in [-0.05, 0) is 45.9 Å². The van der Waals surface area contributed by atoms with Crippen LogP contribution in [0, 0.1) is 0 Å². The quantitative estimate of drug-likeness (QED) is 0.201. The van der Waals surface area contributed by atoms with Crippen LogP contribution in [-0.2, 0) is 4.74 Å². The van der Waals surface area contributed by atoms with Crippen molar-refractivity contribution < 1.29 is 4.74 Å². The number of rotatable bonds is 12. The molecule has 0 aliphatic rings. The zero-order valence-corrected chi connectivity index (χ0v) is 20.0. The number of nitrogens with one attached hydrogen (secondary N) is 2. The molecular formula is C18H36IN5OS. The minimum Gasteiger partial charge on any atom is -0.385 e. The number of halogens is 1. The molecule has 0 aliphatic heterocycles. The maximum Gasteiger partial charge on any atom is 0.191 e. The van der Waals surface area contributed by atoms with Crippen LogP contribution in [-0.4, -0.2) is 83.3 Å². The number of nitrogens with zero attached hydrogens (tertiary/aromatic N) is 3. The Morgan fingerprint density at radius 1 is 1.27 bits per heavy atom. The van der Waals surface area contributed by atoms with Gasteiger partial charge in [0.1, 0.15) is 0 Å². The second-order valence-electron chi connectivity index (χ2n) is 6.29.